The predicted molar refractivity (Wildman–Crippen MR) is 83.4 cm³/mol. The molecule has 0 bridgehead atoms. The molecule has 0 amide bonds. The van der Waals surface area contributed by atoms with Crippen LogP contribution in [0, 0.1) is 0 Å². The number of aryl methyl sites for hydroxylation is 1. The van der Waals surface area contributed by atoms with E-state index >= 15 is 0 Å². The van der Waals surface area contributed by atoms with Crippen molar-refractivity contribution in [2.24, 2.45) is 0 Å². The molecule has 21 heavy (non-hydrogen) atoms. The first-order valence-electron chi connectivity index (χ1n) is 6.55. The lowest BCUT2D eigenvalue weighted by Crippen LogP contribution is -2.06. The Morgan fingerprint density at radius 3 is 2.90 bits per heavy atom. The Morgan fingerprint density at radius 1 is 1.33 bits per heavy atom. The zero-order valence-electron chi connectivity index (χ0n) is 11.8. The number of fused-ring (bicyclic) bond motifs is 1. The van der Waals surface area contributed by atoms with Crippen LogP contribution in [0.15, 0.2) is 12.3 Å². The highest BCUT2D eigenvalue weighted by Crippen LogP contribution is 2.37. The SMILES string of the molecule is COc1cnc(C(O)c2cc3c(s2)CCSC3)c(OC)n1. The van der Waals surface area contributed by atoms with Gasteiger partial charge in [0.05, 0.1) is 20.4 Å². The lowest BCUT2D eigenvalue weighted by molar-refractivity contribution is 0.210. The molecule has 5 nitrogen and oxygen atoms in total. The average molecular weight is 324 g/mol. The minimum atomic E-state index is -0.820. The molecule has 1 unspecified atom stereocenters. The molecular formula is C14H16N2O3S2. The topological polar surface area (TPSA) is 64.5 Å². The van der Waals surface area contributed by atoms with Gasteiger partial charge in [0.2, 0.25) is 11.8 Å². The standard InChI is InChI=1S/C14H16N2O3S2/c1-18-11-6-15-12(14(16-11)19-2)13(17)10-5-8-7-20-4-3-9(8)21-10/h5-6,13,17H,3-4,7H2,1-2H3. The van der Waals surface area contributed by atoms with Crippen LogP contribution in [0.25, 0.3) is 0 Å². The molecule has 0 aromatic carbocycles. The zero-order chi connectivity index (χ0) is 14.8. The fourth-order valence-electron chi connectivity index (χ4n) is 2.24. The largest absolute Gasteiger partial charge is 0.480 e. The van der Waals surface area contributed by atoms with Crippen molar-refractivity contribution in [3.8, 4) is 11.8 Å². The van der Waals surface area contributed by atoms with Crippen molar-refractivity contribution in [1.29, 1.82) is 0 Å². The first kappa shape index (κ1) is 14.6. The minimum absolute atomic E-state index is 0.294. The van der Waals surface area contributed by atoms with Gasteiger partial charge in [-0.15, -0.1) is 11.3 Å². The van der Waals surface area contributed by atoms with Crippen LogP contribution in [0.3, 0.4) is 0 Å². The summed E-state index contributed by atoms with van der Waals surface area (Å²) in [4.78, 5) is 10.7. The quantitative estimate of drug-likeness (QED) is 0.932. The smallest absolute Gasteiger partial charge is 0.241 e. The van der Waals surface area contributed by atoms with Crippen LogP contribution in [0.2, 0.25) is 0 Å². The second-order valence-corrected chi connectivity index (χ2v) is 6.88. The highest BCUT2D eigenvalue weighted by molar-refractivity contribution is 7.98. The van der Waals surface area contributed by atoms with Gasteiger partial charge in [0.1, 0.15) is 11.8 Å². The maximum absolute atomic E-state index is 10.6. The van der Waals surface area contributed by atoms with Crippen molar-refractivity contribution in [2.75, 3.05) is 20.0 Å². The van der Waals surface area contributed by atoms with Crippen molar-refractivity contribution in [3.63, 3.8) is 0 Å². The van der Waals surface area contributed by atoms with Gasteiger partial charge in [-0.05, 0) is 23.8 Å². The van der Waals surface area contributed by atoms with Crippen LogP contribution in [0.4, 0.5) is 0 Å². The molecule has 0 fully saturated rings. The highest BCUT2D eigenvalue weighted by atomic mass is 32.2. The maximum Gasteiger partial charge on any atom is 0.241 e. The monoisotopic (exact) mass is 324 g/mol. The van der Waals surface area contributed by atoms with Crippen molar-refractivity contribution < 1.29 is 14.6 Å². The molecule has 2 aromatic rings. The molecule has 1 aliphatic heterocycles. The van der Waals surface area contributed by atoms with Crippen molar-refractivity contribution in [3.05, 3.63) is 33.3 Å². The van der Waals surface area contributed by atoms with Gasteiger partial charge in [-0.2, -0.15) is 16.7 Å². The molecule has 2 aromatic heterocycles. The van der Waals surface area contributed by atoms with Gasteiger partial charge in [-0.1, -0.05) is 0 Å². The fraction of sp³-hybridized carbons (Fsp3) is 0.429. The van der Waals surface area contributed by atoms with Gasteiger partial charge in [-0.25, -0.2) is 4.98 Å². The van der Waals surface area contributed by atoms with Gasteiger partial charge in [0.15, 0.2) is 0 Å². The number of thiophene rings is 1. The zero-order valence-corrected chi connectivity index (χ0v) is 13.5. The van der Waals surface area contributed by atoms with E-state index in [1.54, 1.807) is 11.3 Å². The number of aromatic nitrogens is 2. The molecule has 1 aliphatic rings. The number of thioether (sulfide) groups is 1. The van der Waals surface area contributed by atoms with Crippen LogP contribution < -0.4 is 9.47 Å². The van der Waals surface area contributed by atoms with E-state index in [0.717, 1.165) is 22.8 Å². The summed E-state index contributed by atoms with van der Waals surface area (Å²) in [5, 5.41) is 10.6. The van der Waals surface area contributed by atoms with Gasteiger partial charge >= 0.3 is 0 Å². The molecule has 7 heteroatoms. The summed E-state index contributed by atoms with van der Waals surface area (Å²) in [6.45, 7) is 0. The molecule has 3 heterocycles. The minimum Gasteiger partial charge on any atom is -0.480 e. The van der Waals surface area contributed by atoms with E-state index in [1.165, 1.54) is 30.9 Å². The van der Waals surface area contributed by atoms with Crippen LogP contribution in [0.5, 0.6) is 11.8 Å². The molecule has 1 N–H and O–H groups in total. The molecule has 0 radical (unpaired) electrons. The Kier molecular flexibility index (Phi) is 4.32. The highest BCUT2D eigenvalue weighted by Gasteiger charge is 2.23. The van der Waals surface area contributed by atoms with Gasteiger partial charge in [0, 0.05) is 15.5 Å². The third-order valence-electron chi connectivity index (χ3n) is 3.32. The van der Waals surface area contributed by atoms with Crippen LogP contribution in [-0.4, -0.2) is 35.0 Å². The Morgan fingerprint density at radius 2 is 2.19 bits per heavy atom. The van der Waals surface area contributed by atoms with Crippen LogP contribution in [-0.2, 0) is 12.2 Å². The lowest BCUT2D eigenvalue weighted by Gasteiger charge is -2.12. The third kappa shape index (κ3) is 2.86. The molecule has 0 saturated heterocycles. The van der Waals surface area contributed by atoms with E-state index in [4.69, 9.17) is 9.47 Å². The summed E-state index contributed by atoms with van der Waals surface area (Å²) in [7, 11) is 3.03. The second kappa shape index (κ2) is 6.21. The number of aliphatic hydroxyl groups is 1. The Labute approximate surface area is 131 Å². The summed E-state index contributed by atoms with van der Waals surface area (Å²) in [6.07, 6.45) is 1.74. The molecular weight excluding hydrogens is 308 g/mol. The maximum atomic E-state index is 10.6. The van der Waals surface area contributed by atoms with Gasteiger partial charge < -0.3 is 14.6 Å². The first-order valence-corrected chi connectivity index (χ1v) is 8.52. The van der Waals surface area contributed by atoms with Gasteiger partial charge in [-0.3, -0.25) is 0 Å². The Hall–Kier alpha value is -1.31. The van der Waals surface area contributed by atoms with Crippen molar-refractivity contribution >= 4 is 23.1 Å². The Balaban J connectivity index is 1.94. The van der Waals surface area contributed by atoms with Gasteiger partial charge in [0.25, 0.3) is 0 Å². The van der Waals surface area contributed by atoms with E-state index in [-0.39, 0.29) is 0 Å². The molecule has 3 rings (SSSR count). The predicted octanol–water partition coefficient (Wildman–Crippen LogP) is 2.43. The molecule has 112 valence electrons. The fourth-order valence-corrected chi connectivity index (χ4v) is 4.61. The van der Waals surface area contributed by atoms with E-state index in [2.05, 4.69) is 16.0 Å². The number of rotatable bonds is 4. The number of ether oxygens (including phenoxy) is 2. The number of aliphatic hydroxyl groups excluding tert-OH is 1. The molecule has 0 saturated carbocycles. The van der Waals surface area contributed by atoms with E-state index in [0.29, 0.717) is 17.5 Å². The number of hydrogen-bond donors (Lipinski definition) is 1. The molecule has 0 spiro atoms. The summed E-state index contributed by atoms with van der Waals surface area (Å²) in [5.74, 6) is 2.82. The Bertz CT molecular complexity index is 622. The van der Waals surface area contributed by atoms with Crippen molar-refractivity contribution in [2.45, 2.75) is 18.3 Å². The molecule has 1 atom stereocenters. The summed E-state index contributed by atoms with van der Waals surface area (Å²) < 4.78 is 10.2. The molecule has 0 aliphatic carbocycles. The second-order valence-electron chi connectivity index (χ2n) is 4.61. The van der Waals surface area contributed by atoms with E-state index in [1.807, 2.05) is 11.8 Å². The summed E-state index contributed by atoms with van der Waals surface area (Å²) in [6, 6.07) is 2.07. The van der Waals surface area contributed by atoms with E-state index < -0.39 is 6.10 Å². The number of methoxy groups -OCH3 is 2. The first-order chi connectivity index (χ1) is 10.2. The lowest BCUT2D eigenvalue weighted by atomic mass is 10.1. The third-order valence-corrected chi connectivity index (χ3v) is 5.62. The number of nitrogens with zero attached hydrogens (tertiary/aromatic N) is 2. The van der Waals surface area contributed by atoms with E-state index in [9.17, 15) is 5.11 Å². The van der Waals surface area contributed by atoms with Crippen LogP contribution in [0.1, 0.15) is 27.1 Å². The summed E-state index contributed by atoms with van der Waals surface area (Å²) in [5.41, 5.74) is 1.75. The van der Waals surface area contributed by atoms with Crippen molar-refractivity contribution in [1.82, 2.24) is 9.97 Å². The summed E-state index contributed by atoms with van der Waals surface area (Å²) >= 11 is 3.58. The van der Waals surface area contributed by atoms with Crippen LogP contribution >= 0.6 is 23.1 Å². The normalized spacial score (nSPS) is 15.4. The number of hydrogen-bond acceptors (Lipinski definition) is 7. The average Bonchev–Trinajstić information content (AvgIpc) is 2.97.